The van der Waals surface area contributed by atoms with Crippen LogP contribution in [0.3, 0.4) is 0 Å². The molecule has 0 atom stereocenters. The van der Waals surface area contributed by atoms with Gasteiger partial charge in [0.15, 0.2) is 0 Å². The predicted octanol–water partition coefficient (Wildman–Crippen LogP) is 4.30. The monoisotopic (exact) mass is 469 g/mol. The lowest BCUT2D eigenvalue weighted by Crippen LogP contribution is -2.39. The van der Waals surface area contributed by atoms with E-state index in [9.17, 15) is 13.2 Å². The van der Waals surface area contributed by atoms with Gasteiger partial charge in [-0.2, -0.15) is 9.41 Å². The molecule has 0 unspecified atom stereocenters. The third kappa shape index (κ3) is 6.50. The lowest BCUT2D eigenvalue weighted by molar-refractivity contribution is -0.121. The van der Waals surface area contributed by atoms with Crippen molar-refractivity contribution in [1.29, 1.82) is 0 Å². The molecule has 0 spiro atoms. The van der Waals surface area contributed by atoms with Crippen LogP contribution in [0.4, 0.5) is 0 Å². The highest BCUT2D eigenvalue weighted by Crippen LogP contribution is 2.20. The fraction of sp³-hybridized carbons (Fsp3) is 0.167. The van der Waals surface area contributed by atoms with Crippen LogP contribution >= 0.6 is 11.6 Å². The normalized spacial score (nSPS) is 11.8. The summed E-state index contributed by atoms with van der Waals surface area (Å²) in [6.45, 7) is 3.45. The van der Waals surface area contributed by atoms with Crippen LogP contribution in [-0.2, 0) is 21.4 Å². The van der Waals surface area contributed by atoms with Gasteiger partial charge in [-0.15, -0.1) is 0 Å². The van der Waals surface area contributed by atoms with Gasteiger partial charge in [0.25, 0.3) is 5.91 Å². The summed E-state index contributed by atoms with van der Waals surface area (Å²) in [7, 11) is -3.93. The van der Waals surface area contributed by atoms with Crippen molar-refractivity contribution in [1.82, 2.24) is 9.73 Å². The predicted molar refractivity (Wildman–Crippen MR) is 127 cm³/mol. The lowest BCUT2D eigenvalue weighted by atomic mass is 10.2. The van der Waals surface area contributed by atoms with Gasteiger partial charge in [-0.1, -0.05) is 71.3 Å². The molecule has 0 aliphatic heterocycles. The van der Waals surface area contributed by atoms with Crippen LogP contribution in [0.2, 0.25) is 5.02 Å². The van der Waals surface area contributed by atoms with E-state index in [1.165, 1.54) is 18.3 Å². The molecule has 0 heterocycles. The summed E-state index contributed by atoms with van der Waals surface area (Å²) < 4.78 is 27.7. The fourth-order valence-electron chi connectivity index (χ4n) is 2.95. The van der Waals surface area contributed by atoms with Crippen molar-refractivity contribution in [3.05, 3.63) is 100 Å². The van der Waals surface area contributed by atoms with E-state index in [2.05, 4.69) is 10.5 Å². The molecule has 6 nitrogen and oxygen atoms in total. The van der Waals surface area contributed by atoms with E-state index in [-0.39, 0.29) is 11.4 Å². The van der Waals surface area contributed by atoms with Crippen molar-refractivity contribution < 1.29 is 13.2 Å². The number of hydrogen-bond acceptors (Lipinski definition) is 4. The van der Waals surface area contributed by atoms with Gasteiger partial charge in [0.2, 0.25) is 10.0 Å². The van der Waals surface area contributed by atoms with E-state index in [1.54, 1.807) is 36.4 Å². The molecule has 32 heavy (non-hydrogen) atoms. The smallest absolute Gasteiger partial charge is 0.255 e. The van der Waals surface area contributed by atoms with Crippen LogP contribution in [0.25, 0.3) is 0 Å². The topological polar surface area (TPSA) is 78.8 Å². The van der Waals surface area contributed by atoms with Gasteiger partial charge >= 0.3 is 0 Å². The van der Waals surface area contributed by atoms with Crippen LogP contribution in [0.1, 0.15) is 22.3 Å². The van der Waals surface area contributed by atoms with Crippen molar-refractivity contribution >= 4 is 33.7 Å². The zero-order valence-corrected chi connectivity index (χ0v) is 19.4. The Hall–Kier alpha value is -3.00. The molecule has 0 aromatic heterocycles. The number of hydrogen-bond donors (Lipinski definition) is 1. The standard InChI is InChI=1S/C24H24ClN3O3S/c1-18-6-10-20(11-7-18)15-26-27-24(29)17-28(16-21-4-3-5-22(25)14-21)32(30,31)23-12-8-19(2)9-13-23/h3-15H,16-17H2,1-2H3,(H,27,29)/b26-15-. The quantitative estimate of drug-likeness (QED) is 0.394. The summed E-state index contributed by atoms with van der Waals surface area (Å²) in [5, 5.41) is 4.43. The molecule has 0 fully saturated rings. The van der Waals surface area contributed by atoms with Crippen molar-refractivity contribution in [2.24, 2.45) is 5.10 Å². The minimum Gasteiger partial charge on any atom is -0.272 e. The van der Waals surface area contributed by atoms with Crippen molar-refractivity contribution in [2.45, 2.75) is 25.3 Å². The summed E-state index contributed by atoms with van der Waals surface area (Å²) in [5.41, 5.74) is 5.95. The first kappa shape index (κ1) is 23.7. The molecule has 0 bridgehead atoms. The molecule has 0 radical (unpaired) electrons. The molecule has 0 aliphatic carbocycles. The number of sulfonamides is 1. The number of nitrogens with zero attached hydrogens (tertiary/aromatic N) is 2. The van der Waals surface area contributed by atoms with Gasteiger partial charge < -0.3 is 0 Å². The van der Waals surface area contributed by atoms with Crippen molar-refractivity contribution in [3.8, 4) is 0 Å². The lowest BCUT2D eigenvalue weighted by Gasteiger charge is -2.21. The zero-order valence-electron chi connectivity index (χ0n) is 17.8. The first-order valence-corrected chi connectivity index (χ1v) is 11.8. The average molecular weight is 470 g/mol. The Morgan fingerprint density at radius 3 is 2.25 bits per heavy atom. The number of benzene rings is 3. The van der Waals surface area contributed by atoms with Crippen LogP contribution in [0, 0.1) is 13.8 Å². The Morgan fingerprint density at radius 1 is 1.00 bits per heavy atom. The molecule has 3 rings (SSSR count). The van der Waals surface area contributed by atoms with Gasteiger partial charge in [0, 0.05) is 11.6 Å². The van der Waals surface area contributed by atoms with E-state index in [0.717, 1.165) is 21.0 Å². The Balaban J connectivity index is 1.79. The molecule has 8 heteroatoms. The molecule has 0 saturated carbocycles. The number of rotatable bonds is 8. The fourth-order valence-corrected chi connectivity index (χ4v) is 4.55. The molecular formula is C24H24ClN3O3S. The molecule has 166 valence electrons. The number of halogens is 1. The second kappa shape index (κ2) is 10.5. The van der Waals surface area contributed by atoms with Gasteiger partial charge in [-0.3, -0.25) is 4.79 Å². The third-order valence-corrected chi connectivity index (χ3v) is 6.75. The SMILES string of the molecule is Cc1ccc(/C=N\NC(=O)CN(Cc2cccc(Cl)c2)S(=O)(=O)c2ccc(C)cc2)cc1. The molecule has 0 aliphatic rings. The highest BCUT2D eigenvalue weighted by molar-refractivity contribution is 7.89. The van der Waals surface area contributed by atoms with Gasteiger partial charge in [0.1, 0.15) is 0 Å². The number of nitrogens with one attached hydrogen (secondary N) is 1. The minimum absolute atomic E-state index is 0.00807. The first-order chi connectivity index (χ1) is 15.2. The van der Waals surface area contributed by atoms with Crippen LogP contribution in [0.5, 0.6) is 0 Å². The van der Waals surface area contributed by atoms with Gasteiger partial charge in [-0.05, 0) is 49.2 Å². The number of aryl methyl sites for hydroxylation is 2. The van der Waals surface area contributed by atoms with Crippen LogP contribution < -0.4 is 5.43 Å². The minimum atomic E-state index is -3.93. The number of hydrazone groups is 1. The van der Waals surface area contributed by atoms with Crippen LogP contribution in [-0.4, -0.2) is 31.4 Å². The summed E-state index contributed by atoms with van der Waals surface area (Å²) in [6, 6.07) is 21.0. The summed E-state index contributed by atoms with van der Waals surface area (Å²) in [6.07, 6.45) is 1.51. The van der Waals surface area contributed by atoms with E-state index in [4.69, 9.17) is 11.6 Å². The number of carbonyl (C=O) groups is 1. The van der Waals surface area contributed by atoms with Crippen LogP contribution in [0.15, 0.2) is 82.8 Å². The maximum Gasteiger partial charge on any atom is 0.255 e. The largest absolute Gasteiger partial charge is 0.272 e. The van der Waals surface area contributed by atoms with Gasteiger partial charge in [-0.25, -0.2) is 13.8 Å². The van der Waals surface area contributed by atoms with E-state index in [0.29, 0.717) is 10.6 Å². The second-order valence-electron chi connectivity index (χ2n) is 7.42. The van der Waals surface area contributed by atoms with Crippen molar-refractivity contribution in [2.75, 3.05) is 6.54 Å². The van der Waals surface area contributed by atoms with E-state index >= 15 is 0 Å². The Labute approximate surface area is 193 Å². The molecular weight excluding hydrogens is 446 g/mol. The Bertz CT molecular complexity index is 1210. The average Bonchev–Trinajstić information content (AvgIpc) is 2.75. The molecule has 0 saturated heterocycles. The van der Waals surface area contributed by atoms with Gasteiger partial charge in [0.05, 0.1) is 17.7 Å². The first-order valence-electron chi connectivity index (χ1n) is 9.94. The summed E-state index contributed by atoms with van der Waals surface area (Å²) in [5.74, 6) is -0.550. The van der Waals surface area contributed by atoms with E-state index in [1.807, 2.05) is 38.1 Å². The Morgan fingerprint density at radius 2 is 1.62 bits per heavy atom. The highest BCUT2D eigenvalue weighted by Gasteiger charge is 2.27. The maximum atomic E-state index is 13.3. The number of carbonyl (C=O) groups excluding carboxylic acids is 1. The summed E-state index contributed by atoms with van der Waals surface area (Å²) >= 11 is 6.05. The van der Waals surface area contributed by atoms with Crippen molar-refractivity contribution in [3.63, 3.8) is 0 Å². The zero-order chi connectivity index (χ0) is 23.1. The number of amides is 1. The second-order valence-corrected chi connectivity index (χ2v) is 9.79. The molecule has 3 aromatic rings. The molecule has 3 aromatic carbocycles. The van der Waals surface area contributed by atoms with E-state index < -0.39 is 22.5 Å². The summed E-state index contributed by atoms with van der Waals surface area (Å²) in [4.78, 5) is 12.6. The maximum absolute atomic E-state index is 13.3. The Kier molecular flexibility index (Phi) is 7.80. The molecule has 1 N–H and O–H groups in total. The third-order valence-electron chi connectivity index (χ3n) is 4.71. The highest BCUT2D eigenvalue weighted by atomic mass is 35.5. The molecule has 1 amide bonds.